The molecule has 0 saturated heterocycles. The number of methoxy groups -OCH3 is 1. The van der Waals surface area contributed by atoms with E-state index in [0.29, 0.717) is 13.1 Å². The molecule has 3 rings (SSSR count). The quantitative estimate of drug-likeness (QED) is 0.531. The van der Waals surface area contributed by atoms with Gasteiger partial charge in [0.2, 0.25) is 0 Å². The molecule has 3 aromatic rings. The molecule has 0 spiro atoms. The summed E-state index contributed by atoms with van der Waals surface area (Å²) in [5, 5.41) is 10.1. The predicted molar refractivity (Wildman–Crippen MR) is 109 cm³/mol. The molecule has 0 fully saturated rings. The van der Waals surface area contributed by atoms with E-state index in [1.807, 2.05) is 19.1 Å². The highest BCUT2D eigenvalue weighted by molar-refractivity contribution is 7.11. The maximum Gasteiger partial charge on any atom is 0.191 e. The van der Waals surface area contributed by atoms with Gasteiger partial charge in [-0.15, -0.1) is 11.3 Å². The van der Waals surface area contributed by atoms with Crippen molar-refractivity contribution in [2.75, 3.05) is 14.2 Å². The molecule has 26 heavy (non-hydrogen) atoms. The lowest BCUT2D eigenvalue weighted by molar-refractivity contribution is 0.415. The summed E-state index contributed by atoms with van der Waals surface area (Å²) >= 11 is 1.72. The summed E-state index contributed by atoms with van der Waals surface area (Å²) in [6.07, 6.45) is 0. The van der Waals surface area contributed by atoms with Crippen LogP contribution in [-0.2, 0) is 13.1 Å². The Morgan fingerprint density at radius 1 is 1.08 bits per heavy atom. The third kappa shape index (κ3) is 4.32. The molecular formula is C20H24N4OS. The minimum atomic E-state index is 0.677. The van der Waals surface area contributed by atoms with E-state index in [1.165, 1.54) is 21.2 Å². The number of nitrogens with one attached hydrogen (secondary N) is 2. The second-order valence-corrected chi connectivity index (χ2v) is 7.36. The van der Waals surface area contributed by atoms with E-state index in [4.69, 9.17) is 4.74 Å². The highest BCUT2D eigenvalue weighted by atomic mass is 32.1. The maximum atomic E-state index is 5.28. The first kappa shape index (κ1) is 18.2. The van der Waals surface area contributed by atoms with Crippen molar-refractivity contribution in [3.05, 3.63) is 57.5 Å². The number of hydrogen-bond donors (Lipinski definition) is 2. The molecule has 0 unspecified atom stereocenters. The summed E-state index contributed by atoms with van der Waals surface area (Å²) in [6.45, 7) is 5.52. The Morgan fingerprint density at radius 2 is 1.81 bits per heavy atom. The Hall–Kier alpha value is -2.60. The average Bonchev–Trinajstić information content (AvgIpc) is 2.99. The topological polar surface area (TPSA) is 58.5 Å². The van der Waals surface area contributed by atoms with Crippen LogP contribution in [0.1, 0.15) is 21.1 Å². The summed E-state index contributed by atoms with van der Waals surface area (Å²) in [4.78, 5) is 10.1. The van der Waals surface area contributed by atoms with Gasteiger partial charge in [-0.25, -0.2) is 4.98 Å². The van der Waals surface area contributed by atoms with E-state index in [2.05, 4.69) is 51.8 Å². The lowest BCUT2D eigenvalue weighted by Gasteiger charge is -2.11. The van der Waals surface area contributed by atoms with Gasteiger partial charge in [-0.3, -0.25) is 4.99 Å². The molecule has 2 N–H and O–H groups in total. The van der Waals surface area contributed by atoms with Crippen molar-refractivity contribution in [1.82, 2.24) is 15.6 Å². The fourth-order valence-corrected chi connectivity index (χ4v) is 3.56. The summed E-state index contributed by atoms with van der Waals surface area (Å²) in [5.74, 6) is 1.64. The van der Waals surface area contributed by atoms with Gasteiger partial charge in [0.15, 0.2) is 5.96 Å². The van der Waals surface area contributed by atoms with Crippen molar-refractivity contribution in [1.29, 1.82) is 0 Å². The van der Waals surface area contributed by atoms with E-state index >= 15 is 0 Å². The molecule has 0 aliphatic rings. The van der Waals surface area contributed by atoms with Crippen molar-refractivity contribution in [3.63, 3.8) is 0 Å². The van der Waals surface area contributed by atoms with Gasteiger partial charge >= 0.3 is 0 Å². The van der Waals surface area contributed by atoms with Crippen molar-refractivity contribution < 1.29 is 4.74 Å². The van der Waals surface area contributed by atoms with E-state index in [-0.39, 0.29) is 0 Å². The molecule has 0 aliphatic carbocycles. The number of thiazole rings is 1. The molecule has 0 bridgehead atoms. The summed E-state index contributed by atoms with van der Waals surface area (Å²) in [7, 11) is 3.47. The molecule has 0 radical (unpaired) electrons. The van der Waals surface area contributed by atoms with Gasteiger partial charge in [0.25, 0.3) is 0 Å². The summed E-state index contributed by atoms with van der Waals surface area (Å²) in [6, 6.07) is 12.5. The SMILES string of the molecule is CN=C(NCc1ccc2cc(OC)ccc2c1)NCc1nc(C)c(C)s1. The lowest BCUT2D eigenvalue weighted by Crippen LogP contribution is -2.36. The molecule has 1 heterocycles. The number of benzene rings is 2. The average molecular weight is 369 g/mol. The number of aromatic nitrogens is 1. The monoisotopic (exact) mass is 368 g/mol. The minimum Gasteiger partial charge on any atom is -0.497 e. The second-order valence-electron chi connectivity index (χ2n) is 6.08. The van der Waals surface area contributed by atoms with Gasteiger partial charge in [-0.05, 0) is 48.4 Å². The molecule has 1 aromatic heterocycles. The van der Waals surface area contributed by atoms with Crippen molar-refractivity contribution in [3.8, 4) is 5.75 Å². The first-order valence-electron chi connectivity index (χ1n) is 8.53. The number of ether oxygens (including phenoxy) is 1. The van der Waals surface area contributed by atoms with E-state index in [1.54, 1.807) is 25.5 Å². The molecule has 0 amide bonds. The number of hydrogen-bond acceptors (Lipinski definition) is 4. The number of nitrogens with zero attached hydrogens (tertiary/aromatic N) is 2. The Balaban J connectivity index is 1.60. The molecule has 0 atom stereocenters. The van der Waals surface area contributed by atoms with Crippen LogP contribution in [0.15, 0.2) is 41.4 Å². The third-order valence-corrected chi connectivity index (χ3v) is 5.35. The smallest absolute Gasteiger partial charge is 0.191 e. The number of fused-ring (bicyclic) bond motifs is 1. The standard InChI is InChI=1S/C20H24N4OS/c1-13-14(2)26-19(24-13)12-23-20(21-3)22-11-15-5-6-17-10-18(25-4)8-7-16(17)9-15/h5-10H,11-12H2,1-4H3,(H2,21,22,23). The number of aliphatic imine (C=N–C) groups is 1. The van der Waals surface area contributed by atoms with Gasteiger partial charge in [0, 0.05) is 18.5 Å². The van der Waals surface area contributed by atoms with Gasteiger partial charge < -0.3 is 15.4 Å². The minimum absolute atomic E-state index is 0.677. The molecule has 6 heteroatoms. The van der Waals surface area contributed by atoms with Gasteiger partial charge in [0.1, 0.15) is 10.8 Å². The third-order valence-electron chi connectivity index (χ3n) is 4.28. The van der Waals surface area contributed by atoms with Crippen molar-refractivity contribution in [2.24, 2.45) is 4.99 Å². The van der Waals surface area contributed by atoms with Crippen molar-refractivity contribution in [2.45, 2.75) is 26.9 Å². The predicted octanol–water partition coefficient (Wildman–Crippen LogP) is 3.79. The van der Waals surface area contributed by atoms with Gasteiger partial charge in [-0.1, -0.05) is 18.2 Å². The van der Waals surface area contributed by atoms with E-state index in [9.17, 15) is 0 Å². The van der Waals surface area contributed by atoms with Crippen molar-refractivity contribution >= 4 is 28.1 Å². The van der Waals surface area contributed by atoms with E-state index in [0.717, 1.165) is 22.4 Å². The number of guanidine groups is 1. The number of aryl methyl sites for hydroxylation is 2. The highest BCUT2D eigenvalue weighted by Crippen LogP contribution is 2.21. The van der Waals surface area contributed by atoms with Gasteiger partial charge in [0.05, 0.1) is 19.3 Å². The molecule has 2 aromatic carbocycles. The van der Waals surface area contributed by atoms with E-state index < -0.39 is 0 Å². The van der Waals surface area contributed by atoms with Crippen LogP contribution in [0.5, 0.6) is 5.75 Å². The second kappa shape index (κ2) is 8.19. The molecule has 136 valence electrons. The summed E-state index contributed by atoms with van der Waals surface area (Å²) < 4.78 is 5.28. The Morgan fingerprint density at radius 3 is 2.50 bits per heavy atom. The fourth-order valence-electron chi connectivity index (χ4n) is 2.69. The Kier molecular flexibility index (Phi) is 5.73. The highest BCUT2D eigenvalue weighted by Gasteiger charge is 2.05. The van der Waals surface area contributed by atoms with Crippen LogP contribution < -0.4 is 15.4 Å². The molecule has 5 nitrogen and oxygen atoms in total. The lowest BCUT2D eigenvalue weighted by atomic mass is 10.1. The normalized spacial score (nSPS) is 11.6. The zero-order valence-electron chi connectivity index (χ0n) is 15.6. The largest absolute Gasteiger partial charge is 0.497 e. The van der Waals surface area contributed by atoms with Crippen LogP contribution in [0.2, 0.25) is 0 Å². The van der Waals surface area contributed by atoms with Crippen LogP contribution in [0.3, 0.4) is 0 Å². The zero-order valence-corrected chi connectivity index (χ0v) is 16.4. The molecular weight excluding hydrogens is 344 g/mol. The molecule has 0 saturated carbocycles. The molecule has 0 aliphatic heterocycles. The van der Waals surface area contributed by atoms with Crippen LogP contribution in [0, 0.1) is 13.8 Å². The van der Waals surface area contributed by atoms with Crippen LogP contribution in [-0.4, -0.2) is 25.1 Å². The van der Waals surface area contributed by atoms with Crippen LogP contribution >= 0.6 is 11.3 Å². The Labute approximate surface area is 158 Å². The van der Waals surface area contributed by atoms with Crippen LogP contribution in [0.25, 0.3) is 10.8 Å². The first-order valence-corrected chi connectivity index (χ1v) is 9.35. The summed E-state index contributed by atoms with van der Waals surface area (Å²) in [5.41, 5.74) is 2.30. The number of rotatable bonds is 5. The fraction of sp³-hybridized carbons (Fsp3) is 0.300. The Bertz CT molecular complexity index is 913. The maximum absolute atomic E-state index is 5.28. The zero-order chi connectivity index (χ0) is 18.5. The first-order chi connectivity index (χ1) is 12.6. The van der Waals surface area contributed by atoms with Crippen LogP contribution in [0.4, 0.5) is 0 Å². The van der Waals surface area contributed by atoms with Gasteiger partial charge in [-0.2, -0.15) is 0 Å².